The highest BCUT2D eigenvalue weighted by Gasteiger charge is 2.11. The lowest BCUT2D eigenvalue weighted by molar-refractivity contribution is 0.0428. The molecule has 0 aliphatic heterocycles. The van der Waals surface area contributed by atoms with Crippen LogP contribution in [0.2, 0.25) is 0 Å². The number of unbranched alkanes of at least 4 members (excludes halogenated alkanes) is 1. The first-order valence-corrected chi connectivity index (χ1v) is 6.88. The maximum atomic E-state index is 11.8. The molecule has 1 rings (SSSR count). The summed E-state index contributed by atoms with van der Waals surface area (Å²) in [5, 5.41) is 8.69. The Morgan fingerprint density at radius 2 is 2.00 bits per heavy atom. The lowest BCUT2D eigenvalue weighted by Crippen LogP contribution is -2.14. The van der Waals surface area contributed by atoms with Gasteiger partial charge in [-0.1, -0.05) is 33.1 Å². The summed E-state index contributed by atoms with van der Waals surface area (Å²) in [6.07, 6.45) is 4.47. The van der Waals surface area contributed by atoms with E-state index in [0.29, 0.717) is 23.7 Å². The minimum atomic E-state index is -0.306. The molecule has 3 nitrogen and oxygen atoms in total. The van der Waals surface area contributed by atoms with Crippen LogP contribution in [0.5, 0.6) is 0 Å². The Bertz CT molecular complexity index is 431. The third-order valence-electron chi connectivity index (χ3n) is 3.24. The van der Waals surface area contributed by atoms with Crippen molar-refractivity contribution in [3.05, 3.63) is 35.4 Å². The molecule has 0 radical (unpaired) electrons. The summed E-state index contributed by atoms with van der Waals surface area (Å²) < 4.78 is 5.33. The number of hydrogen-bond donors (Lipinski definition) is 0. The maximum absolute atomic E-state index is 11.8. The Morgan fingerprint density at radius 3 is 2.53 bits per heavy atom. The molecule has 0 fully saturated rings. The van der Waals surface area contributed by atoms with Crippen molar-refractivity contribution in [2.45, 2.75) is 39.5 Å². The summed E-state index contributed by atoms with van der Waals surface area (Å²) in [6.45, 7) is 4.76. The Kier molecular flexibility index (Phi) is 6.67. The van der Waals surface area contributed by atoms with Crippen LogP contribution in [0, 0.1) is 17.2 Å². The molecule has 19 heavy (non-hydrogen) atoms. The first-order valence-electron chi connectivity index (χ1n) is 6.88. The van der Waals surface area contributed by atoms with Gasteiger partial charge in [-0.2, -0.15) is 5.26 Å². The van der Waals surface area contributed by atoms with Crippen LogP contribution >= 0.6 is 0 Å². The number of rotatable bonds is 7. The van der Waals surface area contributed by atoms with Gasteiger partial charge in [0.05, 0.1) is 23.8 Å². The number of carbonyl (C=O) groups excluding carboxylic acids is 1. The van der Waals surface area contributed by atoms with Gasteiger partial charge >= 0.3 is 5.97 Å². The van der Waals surface area contributed by atoms with E-state index in [9.17, 15) is 4.79 Å². The molecule has 0 saturated carbocycles. The van der Waals surface area contributed by atoms with E-state index in [2.05, 4.69) is 13.8 Å². The summed E-state index contributed by atoms with van der Waals surface area (Å²) in [5.74, 6) is 0.140. The van der Waals surface area contributed by atoms with E-state index in [1.165, 1.54) is 12.8 Å². The monoisotopic (exact) mass is 259 g/mol. The van der Waals surface area contributed by atoms with Crippen molar-refractivity contribution in [1.82, 2.24) is 0 Å². The van der Waals surface area contributed by atoms with Crippen LogP contribution in [0.4, 0.5) is 0 Å². The highest BCUT2D eigenvalue weighted by atomic mass is 16.5. The normalized spacial score (nSPS) is 11.6. The number of hydrogen-bond acceptors (Lipinski definition) is 3. The van der Waals surface area contributed by atoms with Crippen molar-refractivity contribution < 1.29 is 9.53 Å². The summed E-state index contributed by atoms with van der Waals surface area (Å²) in [7, 11) is 0. The Labute approximate surface area is 115 Å². The van der Waals surface area contributed by atoms with E-state index in [1.807, 2.05) is 6.07 Å². The molecule has 0 heterocycles. The Hall–Kier alpha value is -1.82. The van der Waals surface area contributed by atoms with Gasteiger partial charge in [0.25, 0.3) is 0 Å². The second-order valence-electron chi connectivity index (χ2n) is 4.70. The molecule has 3 heteroatoms. The molecule has 0 spiro atoms. The van der Waals surface area contributed by atoms with Crippen molar-refractivity contribution in [3.8, 4) is 6.07 Å². The van der Waals surface area contributed by atoms with Crippen molar-refractivity contribution >= 4 is 5.97 Å². The molecular formula is C16H21NO2. The standard InChI is InChI=1S/C16H21NO2/c1-3-5-6-13(4-2)12-19-16(18)15-9-7-14(11-17)8-10-15/h7-10,13H,3-6,12H2,1-2H3/t13-/m0/s1. The van der Waals surface area contributed by atoms with Gasteiger partial charge in [0, 0.05) is 0 Å². The zero-order valence-corrected chi connectivity index (χ0v) is 11.7. The number of benzene rings is 1. The first-order chi connectivity index (χ1) is 9.21. The number of ether oxygens (including phenoxy) is 1. The molecule has 0 aliphatic carbocycles. The van der Waals surface area contributed by atoms with Crippen molar-refractivity contribution in [2.24, 2.45) is 5.92 Å². The second kappa shape index (κ2) is 8.31. The summed E-state index contributed by atoms with van der Waals surface area (Å²) in [4.78, 5) is 11.8. The SMILES string of the molecule is CCCC[C@H](CC)COC(=O)c1ccc(C#N)cc1. The summed E-state index contributed by atoms with van der Waals surface area (Å²) in [5.41, 5.74) is 1.05. The highest BCUT2D eigenvalue weighted by molar-refractivity contribution is 5.89. The van der Waals surface area contributed by atoms with Gasteiger partial charge < -0.3 is 4.74 Å². The van der Waals surface area contributed by atoms with E-state index in [-0.39, 0.29) is 5.97 Å². The summed E-state index contributed by atoms with van der Waals surface area (Å²) >= 11 is 0. The molecule has 0 unspecified atom stereocenters. The van der Waals surface area contributed by atoms with E-state index < -0.39 is 0 Å². The number of nitriles is 1. The minimum absolute atomic E-state index is 0.306. The van der Waals surface area contributed by atoms with Crippen LogP contribution in [-0.4, -0.2) is 12.6 Å². The maximum Gasteiger partial charge on any atom is 0.338 e. The van der Waals surface area contributed by atoms with Crippen molar-refractivity contribution in [2.75, 3.05) is 6.61 Å². The molecule has 1 aromatic rings. The van der Waals surface area contributed by atoms with Crippen molar-refractivity contribution in [3.63, 3.8) is 0 Å². The predicted molar refractivity (Wildman–Crippen MR) is 74.7 cm³/mol. The van der Waals surface area contributed by atoms with E-state index in [4.69, 9.17) is 10.00 Å². The van der Waals surface area contributed by atoms with Crippen LogP contribution < -0.4 is 0 Å². The zero-order valence-electron chi connectivity index (χ0n) is 11.7. The lowest BCUT2D eigenvalue weighted by atomic mass is 10.0. The van der Waals surface area contributed by atoms with Crippen LogP contribution in [0.3, 0.4) is 0 Å². The third-order valence-corrected chi connectivity index (χ3v) is 3.24. The van der Waals surface area contributed by atoms with Gasteiger partial charge in [-0.05, 0) is 36.6 Å². The summed E-state index contributed by atoms with van der Waals surface area (Å²) in [6, 6.07) is 8.55. The average Bonchev–Trinajstić information content (AvgIpc) is 2.47. The molecule has 0 bridgehead atoms. The van der Waals surface area contributed by atoms with Crippen LogP contribution in [-0.2, 0) is 4.74 Å². The molecule has 0 aromatic heterocycles. The smallest absolute Gasteiger partial charge is 0.338 e. The zero-order chi connectivity index (χ0) is 14.1. The molecule has 0 amide bonds. The number of esters is 1. The predicted octanol–water partition coefficient (Wildman–Crippen LogP) is 3.93. The van der Waals surface area contributed by atoms with Crippen LogP contribution in [0.1, 0.15) is 55.5 Å². The van der Waals surface area contributed by atoms with Gasteiger partial charge in [-0.15, -0.1) is 0 Å². The van der Waals surface area contributed by atoms with Gasteiger partial charge in [0.15, 0.2) is 0 Å². The van der Waals surface area contributed by atoms with Crippen molar-refractivity contribution in [1.29, 1.82) is 5.26 Å². The molecule has 1 atom stereocenters. The largest absolute Gasteiger partial charge is 0.462 e. The molecule has 0 saturated heterocycles. The fraction of sp³-hybridized carbons (Fsp3) is 0.500. The molecular weight excluding hydrogens is 238 g/mol. The molecule has 0 aliphatic rings. The van der Waals surface area contributed by atoms with Crippen LogP contribution in [0.15, 0.2) is 24.3 Å². The third kappa shape index (κ3) is 5.13. The van der Waals surface area contributed by atoms with Crippen LogP contribution in [0.25, 0.3) is 0 Å². The lowest BCUT2D eigenvalue weighted by Gasteiger charge is -2.14. The van der Waals surface area contributed by atoms with Gasteiger partial charge in [0.2, 0.25) is 0 Å². The highest BCUT2D eigenvalue weighted by Crippen LogP contribution is 2.14. The van der Waals surface area contributed by atoms with Gasteiger partial charge in [-0.25, -0.2) is 4.79 Å². The van der Waals surface area contributed by atoms with Gasteiger partial charge in [-0.3, -0.25) is 0 Å². The van der Waals surface area contributed by atoms with E-state index >= 15 is 0 Å². The number of nitrogens with zero attached hydrogens (tertiary/aromatic N) is 1. The van der Waals surface area contributed by atoms with Gasteiger partial charge in [0.1, 0.15) is 0 Å². The van der Waals surface area contributed by atoms with E-state index in [0.717, 1.165) is 12.8 Å². The quantitative estimate of drug-likeness (QED) is 0.697. The second-order valence-corrected chi connectivity index (χ2v) is 4.70. The minimum Gasteiger partial charge on any atom is -0.462 e. The average molecular weight is 259 g/mol. The fourth-order valence-electron chi connectivity index (χ4n) is 1.86. The Morgan fingerprint density at radius 1 is 1.32 bits per heavy atom. The molecule has 102 valence electrons. The molecule has 1 aromatic carbocycles. The Balaban J connectivity index is 2.47. The number of carbonyl (C=O) groups is 1. The fourth-order valence-corrected chi connectivity index (χ4v) is 1.86. The van der Waals surface area contributed by atoms with E-state index in [1.54, 1.807) is 24.3 Å². The molecule has 0 N–H and O–H groups in total. The first kappa shape index (κ1) is 15.2. The topological polar surface area (TPSA) is 50.1 Å².